The largest absolute Gasteiger partial charge is 0.344 e. The summed E-state index contributed by atoms with van der Waals surface area (Å²) in [4.78, 5) is 27.2. The van der Waals surface area contributed by atoms with Gasteiger partial charge in [0.1, 0.15) is 6.04 Å². The molecule has 5 nitrogen and oxygen atoms in total. The molecule has 0 saturated carbocycles. The summed E-state index contributed by atoms with van der Waals surface area (Å²) in [5.41, 5.74) is 0.838. The topological polar surface area (TPSA) is 71.1 Å². The van der Waals surface area contributed by atoms with Crippen molar-refractivity contribution in [1.29, 1.82) is 0 Å². The van der Waals surface area contributed by atoms with Crippen molar-refractivity contribution in [3.05, 3.63) is 24.3 Å². The van der Waals surface area contributed by atoms with Crippen LogP contribution in [0.3, 0.4) is 0 Å². The molecule has 1 aromatic carbocycles. The Labute approximate surface area is 119 Å². The normalized spacial score (nSPS) is 12.1. The van der Waals surface area contributed by atoms with E-state index in [1.165, 1.54) is 18.3 Å². The fourth-order valence-corrected chi connectivity index (χ4v) is 2.68. The summed E-state index contributed by atoms with van der Waals surface area (Å²) in [5, 5.41) is 5.74. The van der Waals surface area contributed by atoms with Crippen molar-refractivity contribution < 1.29 is 9.59 Å². The number of para-hydroxylation sites is 1. The molecular weight excluding hydrogens is 282 g/mol. The van der Waals surface area contributed by atoms with Crippen molar-refractivity contribution in [2.45, 2.75) is 13.0 Å². The number of carbonyl (C=O) groups is 2. The minimum absolute atomic E-state index is 0.232. The molecule has 0 saturated heterocycles. The van der Waals surface area contributed by atoms with Crippen molar-refractivity contribution >= 4 is 51.1 Å². The standard InChI is InChI=1S/C12H13N3O2S2/c1-7(16)13-9(6-18)11(17)15-12-14-8-4-2-3-5-10(8)19-12/h2-5,9,18H,6H2,1H3,(H,13,16)(H,14,15,17). The molecule has 0 fully saturated rings. The molecule has 1 atom stereocenters. The number of fused-ring (bicyclic) bond motifs is 1. The first-order chi connectivity index (χ1) is 9.10. The lowest BCUT2D eigenvalue weighted by Crippen LogP contribution is -2.44. The number of nitrogens with zero attached hydrogens (tertiary/aromatic N) is 1. The molecule has 7 heteroatoms. The maximum atomic E-state index is 11.9. The number of hydrogen-bond donors (Lipinski definition) is 3. The Hall–Kier alpha value is -1.60. The second-order valence-electron chi connectivity index (χ2n) is 3.91. The van der Waals surface area contributed by atoms with Gasteiger partial charge in [0.2, 0.25) is 11.8 Å². The highest BCUT2D eigenvalue weighted by molar-refractivity contribution is 7.80. The number of rotatable bonds is 4. The number of thiazole rings is 1. The molecule has 1 aromatic heterocycles. The Morgan fingerprint density at radius 1 is 1.42 bits per heavy atom. The highest BCUT2D eigenvalue weighted by Crippen LogP contribution is 2.25. The lowest BCUT2D eigenvalue weighted by Gasteiger charge is -2.13. The Morgan fingerprint density at radius 3 is 2.79 bits per heavy atom. The Bertz CT molecular complexity index is 579. The van der Waals surface area contributed by atoms with Crippen LogP contribution in [-0.4, -0.2) is 28.6 Å². The van der Waals surface area contributed by atoms with E-state index in [0.29, 0.717) is 5.13 Å². The van der Waals surface area contributed by atoms with Gasteiger partial charge in [-0.25, -0.2) is 4.98 Å². The number of carbonyl (C=O) groups excluding carboxylic acids is 2. The summed E-state index contributed by atoms with van der Waals surface area (Å²) in [6.45, 7) is 1.36. The second kappa shape index (κ2) is 6.03. The van der Waals surface area contributed by atoms with Gasteiger partial charge in [-0.2, -0.15) is 12.6 Å². The monoisotopic (exact) mass is 295 g/mol. The average Bonchev–Trinajstić information content (AvgIpc) is 2.77. The van der Waals surface area contributed by atoms with E-state index in [1.54, 1.807) is 0 Å². The predicted octanol–water partition coefficient (Wildman–Crippen LogP) is 1.67. The smallest absolute Gasteiger partial charge is 0.249 e. The lowest BCUT2D eigenvalue weighted by molar-refractivity contribution is -0.124. The van der Waals surface area contributed by atoms with Gasteiger partial charge in [-0.3, -0.25) is 9.59 Å². The van der Waals surface area contributed by atoms with Gasteiger partial charge >= 0.3 is 0 Å². The molecule has 0 spiro atoms. The Kier molecular flexibility index (Phi) is 4.39. The van der Waals surface area contributed by atoms with Crippen LogP contribution in [0.15, 0.2) is 24.3 Å². The number of nitrogens with one attached hydrogen (secondary N) is 2. The Morgan fingerprint density at radius 2 is 2.16 bits per heavy atom. The SMILES string of the molecule is CC(=O)NC(CS)C(=O)Nc1nc2ccccc2s1. The molecular formula is C12H13N3O2S2. The maximum absolute atomic E-state index is 11.9. The summed E-state index contributed by atoms with van der Waals surface area (Å²) in [7, 11) is 0. The summed E-state index contributed by atoms with van der Waals surface area (Å²) in [6, 6.07) is 6.97. The molecule has 0 aliphatic carbocycles. The highest BCUT2D eigenvalue weighted by Gasteiger charge is 2.18. The van der Waals surface area contributed by atoms with Crippen molar-refractivity contribution in [2.75, 3.05) is 11.1 Å². The van der Waals surface area contributed by atoms with Crippen LogP contribution in [0.4, 0.5) is 5.13 Å². The van der Waals surface area contributed by atoms with Crippen LogP contribution in [0.2, 0.25) is 0 Å². The third-order valence-electron chi connectivity index (χ3n) is 2.40. The molecule has 0 aliphatic heterocycles. The van der Waals surface area contributed by atoms with Gasteiger partial charge < -0.3 is 10.6 Å². The van der Waals surface area contributed by atoms with E-state index in [9.17, 15) is 9.59 Å². The number of anilines is 1. The van der Waals surface area contributed by atoms with E-state index in [1.807, 2.05) is 24.3 Å². The third-order valence-corrected chi connectivity index (χ3v) is 3.72. The van der Waals surface area contributed by atoms with Gasteiger partial charge in [-0.1, -0.05) is 23.5 Å². The van der Waals surface area contributed by atoms with Gasteiger partial charge in [0, 0.05) is 12.7 Å². The van der Waals surface area contributed by atoms with Crippen LogP contribution in [-0.2, 0) is 9.59 Å². The van der Waals surface area contributed by atoms with Gasteiger partial charge in [-0.05, 0) is 12.1 Å². The van der Waals surface area contributed by atoms with Gasteiger partial charge in [0.05, 0.1) is 10.2 Å². The van der Waals surface area contributed by atoms with E-state index in [2.05, 4.69) is 28.2 Å². The highest BCUT2D eigenvalue weighted by atomic mass is 32.1. The van der Waals surface area contributed by atoms with Gasteiger partial charge in [0.15, 0.2) is 5.13 Å². The molecule has 1 heterocycles. The molecule has 2 amide bonds. The van der Waals surface area contributed by atoms with Crippen molar-refractivity contribution in [3.8, 4) is 0 Å². The number of benzene rings is 1. The van der Waals surface area contributed by atoms with Gasteiger partial charge in [0.25, 0.3) is 0 Å². The fraction of sp³-hybridized carbons (Fsp3) is 0.250. The third kappa shape index (κ3) is 3.45. The van der Waals surface area contributed by atoms with E-state index in [-0.39, 0.29) is 17.6 Å². The first kappa shape index (κ1) is 13.8. The molecule has 1 unspecified atom stereocenters. The first-order valence-electron chi connectivity index (χ1n) is 5.64. The molecule has 0 bridgehead atoms. The van der Waals surface area contributed by atoms with Crippen molar-refractivity contribution in [1.82, 2.24) is 10.3 Å². The van der Waals surface area contributed by atoms with Crippen LogP contribution < -0.4 is 10.6 Å². The number of aromatic nitrogens is 1. The molecule has 2 N–H and O–H groups in total. The molecule has 0 aliphatic rings. The van der Waals surface area contributed by atoms with E-state index < -0.39 is 6.04 Å². The number of amides is 2. The average molecular weight is 295 g/mol. The zero-order chi connectivity index (χ0) is 13.8. The summed E-state index contributed by atoms with van der Waals surface area (Å²) in [5.74, 6) is -0.348. The Balaban J connectivity index is 2.11. The summed E-state index contributed by atoms with van der Waals surface area (Å²) < 4.78 is 1.000. The van der Waals surface area contributed by atoms with Crippen LogP contribution >= 0.6 is 24.0 Å². The second-order valence-corrected chi connectivity index (χ2v) is 5.31. The van der Waals surface area contributed by atoms with E-state index in [4.69, 9.17) is 0 Å². The van der Waals surface area contributed by atoms with E-state index >= 15 is 0 Å². The summed E-state index contributed by atoms with van der Waals surface area (Å²) >= 11 is 5.45. The fourth-order valence-electron chi connectivity index (χ4n) is 1.56. The minimum Gasteiger partial charge on any atom is -0.344 e. The first-order valence-corrected chi connectivity index (χ1v) is 7.09. The quantitative estimate of drug-likeness (QED) is 0.751. The van der Waals surface area contributed by atoms with Crippen molar-refractivity contribution in [2.24, 2.45) is 0 Å². The molecule has 2 aromatic rings. The number of hydrogen-bond acceptors (Lipinski definition) is 5. The molecule has 2 rings (SSSR count). The molecule has 19 heavy (non-hydrogen) atoms. The predicted molar refractivity (Wildman–Crippen MR) is 79.7 cm³/mol. The van der Waals surface area contributed by atoms with Crippen molar-refractivity contribution in [3.63, 3.8) is 0 Å². The number of thiol groups is 1. The minimum atomic E-state index is -0.659. The molecule has 100 valence electrons. The van der Waals surface area contributed by atoms with Crippen LogP contribution in [0.25, 0.3) is 10.2 Å². The molecule has 0 radical (unpaired) electrons. The van der Waals surface area contributed by atoms with Crippen LogP contribution in [0.1, 0.15) is 6.92 Å². The van der Waals surface area contributed by atoms with E-state index in [0.717, 1.165) is 10.2 Å². The van der Waals surface area contributed by atoms with Crippen LogP contribution in [0, 0.1) is 0 Å². The maximum Gasteiger partial charge on any atom is 0.249 e. The van der Waals surface area contributed by atoms with Crippen LogP contribution in [0.5, 0.6) is 0 Å². The summed E-state index contributed by atoms with van der Waals surface area (Å²) in [6.07, 6.45) is 0. The zero-order valence-electron chi connectivity index (χ0n) is 10.2. The zero-order valence-corrected chi connectivity index (χ0v) is 11.9. The lowest BCUT2D eigenvalue weighted by atomic mass is 10.3. The van der Waals surface area contributed by atoms with Gasteiger partial charge in [-0.15, -0.1) is 0 Å².